The quantitative estimate of drug-likeness (QED) is 0.750. The number of nitrogens with one attached hydrogen (secondary N) is 2. The number of amides is 2. The highest BCUT2D eigenvalue weighted by atomic mass is 16.6. The Bertz CT molecular complexity index is 803. The molecule has 2 aliphatic heterocycles. The van der Waals surface area contributed by atoms with Crippen LogP contribution in [0.1, 0.15) is 71.4 Å². The Hall–Kier alpha value is -2.24. The van der Waals surface area contributed by atoms with Gasteiger partial charge in [0.05, 0.1) is 12.0 Å². The lowest BCUT2D eigenvalue weighted by atomic mass is 9.81. The first-order chi connectivity index (χ1) is 14.2. The molecule has 164 valence electrons. The minimum atomic E-state index is -0.546. The number of alkyl carbamates (subject to hydrolysis) is 1. The van der Waals surface area contributed by atoms with E-state index in [1.807, 2.05) is 26.8 Å². The molecule has 0 bridgehead atoms. The van der Waals surface area contributed by atoms with Crippen molar-refractivity contribution in [2.24, 2.45) is 11.8 Å². The third-order valence-electron chi connectivity index (χ3n) is 6.82. The van der Waals surface area contributed by atoms with E-state index >= 15 is 0 Å². The molecule has 5 atom stereocenters. The topological polar surface area (TPSA) is 70.7 Å². The van der Waals surface area contributed by atoms with E-state index < -0.39 is 11.7 Å². The Balaban J connectivity index is 1.53. The highest BCUT2D eigenvalue weighted by Gasteiger charge is 2.47. The fraction of sp³-hybridized carbons (Fsp3) is 0.667. The fourth-order valence-electron chi connectivity index (χ4n) is 5.50. The van der Waals surface area contributed by atoms with Crippen LogP contribution in [0.5, 0.6) is 0 Å². The number of carbonyl (C=O) groups is 2. The van der Waals surface area contributed by atoms with Gasteiger partial charge < -0.3 is 20.3 Å². The van der Waals surface area contributed by atoms with Gasteiger partial charge in [-0.3, -0.25) is 4.79 Å². The Morgan fingerprint density at radius 1 is 1.13 bits per heavy atom. The van der Waals surface area contributed by atoms with Crippen LogP contribution in [0, 0.1) is 11.8 Å². The second-order valence-electron chi connectivity index (χ2n) is 10.1. The molecule has 0 spiro atoms. The first-order valence-corrected chi connectivity index (χ1v) is 11.4. The number of ether oxygens (including phenoxy) is 1. The molecule has 0 unspecified atom stereocenters. The summed E-state index contributed by atoms with van der Waals surface area (Å²) in [4.78, 5) is 28.2. The van der Waals surface area contributed by atoms with Crippen molar-refractivity contribution in [3.05, 3.63) is 29.8 Å². The minimum Gasteiger partial charge on any atom is -0.444 e. The van der Waals surface area contributed by atoms with Gasteiger partial charge in [-0.25, -0.2) is 4.79 Å². The number of anilines is 1. The van der Waals surface area contributed by atoms with Crippen molar-refractivity contribution in [1.29, 1.82) is 0 Å². The summed E-state index contributed by atoms with van der Waals surface area (Å²) in [6.07, 6.45) is 4.29. The molecule has 2 N–H and O–H groups in total. The maximum atomic E-state index is 13.8. The number of fused-ring (bicyclic) bond motifs is 3. The predicted molar refractivity (Wildman–Crippen MR) is 117 cm³/mol. The average Bonchev–Trinajstić information content (AvgIpc) is 3.12. The number of rotatable bonds is 2. The van der Waals surface area contributed by atoms with Gasteiger partial charge in [-0.05, 0) is 58.6 Å². The maximum absolute atomic E-state index is 13.8. The van der Waals surface area contributed by atoms with E-state index in [-0.39, 0.29) is 23.9 Å². The second-order valence-corrected chi connectivity index (χ2v) is 10.1. The van der Waals surface area contributed by atoms with Crippen molar-refractivity contribution in [3.8, 4) is 0 Å². The molecule has 4 rings (SSSR count). The Labute approximate surface area is 179 Å². The molecule has 1 aromatic carbocycles. The molecule has 0 aromatic heterocycles. The van der Waals surface area contributed by atoms with Crippen LogP contribution in [0.2, 0.25) is 0 Å². The lowest BCUT2D eigenvalue weighted by Gasteiger charge is -2.41. The van der Waals surface area contributed by atoms with Gasteiger partial charge in [-0.1, -0.05) is 31.0 Å². The highest BCUT2D eigenvalue weighted by molar-refractivity contribution is 5.82. The van der Waals surface area contributed by atoms with Crippen LogP contribution in [0.3, 0.4) is 0 Å². The molecule has 6 nitrogen and oxygen atoms in total. The zero-order valence-electron chi connectivity index (χ0n) is 18.6. The summed E-state index contributed by atoms with van der Waals surface area (Å²) in [5.74, 6) is 0.430. The molecule has 2 amide bonds. The number of para-hydroxylation sites is 1. The number of benzene rings is 1. The second kappa shape index (κ2) is 8.12. The summed E-state index contributed by atoms with van der Waals surface area (Å²) in [7, 11) is 0. The van der Waals surface area contributed by atoms with E-state index in [1.54, 1.807) is 0 Å². The molecule has 1 saturated heterocycles. The van der Waals surface area contributed by atoms with E-state index in [4.69, 9.17) is 4.74 Å². The Morgan fingerprint density at radius 2 is 1.87 bits per heavy atom. The third kappa shape index (κ3) is 4.14. The Kier molecular flexibility index (Phi) is 5.69. The molecule has 0 radical (unpaired) electrons. The van der Waals surface area contributed by atoms with E-state index in [1.165, 1.54) is 5.56 Å². The number of nitrogens with zero attached hydrogens (tertiary/aromatic N) is 1. The van der Waals surface area contributed by atoms with Gasteiger partial charge in [0.25, 0.3) is 0 Å². The van der Waals surface area contributed by atoms with Gasteiger partial charge in [0.1, 0.15) is 5.60 Å². The van der Waals surface area contributed by atoms with Crippen LogP contribution in [0.15, 0.2) is 24.3 Å². The summed E-state index contributed by atoms with van der Waals surface area (Å²) in [6, 6.07) is 8.66. The van der Waals surface area contributed by atoms with Crippen LogP contribution >= 0.6 is 0 Å². The number of hydrogen-bond donors (Lipinski definition) is 2. The summed E-state index contributed by atoms with van der Waals surface area (Å²) < 4.78 is 5.46. The standard InChI is InChI=1S/C24H35N3O3/c1-15-16-13-14-27(21(16)17-9-5-7-11-19(17)25-15)22(28)18-10-6-8-12-20(18)26-23(29)30-24(2,3)4/h5,7,9,11,15-16,18,20-21,25H,6,8,10,12-14H2,1-4H3,(H,26,29)/t15-,16+,18-,20+,21+/m0/s1. The van der Waals surface area contributed by atoms with Gasteiger partial charge in [0.15, 0.2) is 0 Å². The summed E-state index contributed by atoms with van der Waals surface area (Å²) in [5, 5.41) is 6.62. The number of carbonyl (C=O) groups excluding carboxylic acids is 2. The third-order valence-corrected chi connectivity index (χ3v) is 6.82. The molecule has 3 aliphatic rings. The lowest BCUT2D eigenvalue weighted by Crippen LogP contribution is -2.51. The molecule has 30 heavy (non-hydrogen) atoms. The first kappa shape index (κ1) is 21.0. The Morgan fingerprint density at radius 3 is 2.63 bits per heavy atom. The minimum absolute atomic E-state index is 0.119. The smallest absolute Gasteiger partial charge is 0.407 e. The normalized spacial score (nSPS) is 30.7. The molecule has 2 fully saturated rings. The molecule has 1 aromatic rings. The molecular weight excluding hydrogens is 378 g/mol. The molecular formula is C24H35N3O3. The molecule has 2 heterocycles. The van der Waals surface area contributed by atoms with Crippen LogP contribution < -0.4 is 10.6 Å². The fourth-order valence-corrected chi connectivity index (χ4v) is 5.50. The van der Waals surface area contributed by atoms with Crippen molar-refractivity contribution < 1.29 is 14.3 Å². The van der Waals surface area contributed by atoms with Gasteiger partial charge in [0.2, 0.25) is 5.91 Å². The van der Waals surface area contributed by atoms with Gasteiger partial charge in [0, 0.05) is 30.2 Å². The van der Waals surface area contributed by atoms with Crippen LogP contribution in [0.4, 0.5) is 10.5 Å². The van der Waals surface area contributed by atoms with Crippen molar-refractivity contribution >= 4 is 17.7 Å². The van der Waals surface area contributed by atoms with Gasteiger partial charge >= 0.3 is 6.09 Å². The lowest BCUT2D eigenvalue weighted by molar-refractivity contribution is -0.139. The molecule has 6 heteroatoms. The molecule has 1 aliphatic carbocycles. The zero-order valence-corrected chi connectivity index (χ0v) is 18.6. The average molecular weight is 414 g/mol. The highest BCUT2D eigenvalue weighted by Crippen LogP contribution is 2.47. The van der Waals surface area contributed by atoms with Crippen LogP contribution in [0.25, 0.3) is 0 Å². The molecule has 1 saturated carbocycles. The number of hydrogen-bond acceptors (Lipinski definition) is 4. The number of likely N-dealkylation sites (tertiary alicyclic amines) is 1. The largest absolute Gasteiger partial charge is 0.444 e. The van der Waals surface area contributed by atoms with Crippen molar-refractivity contribution in [1.82, 2.24) is 10.2 Å². The van der Waals surface area contributed by atoms with Gasteiger partial charge in [-0.2, -0.15) is 0 Å². The van der Waals surface area contributed by atoms with Crippen molar-refractivity contribution in [2.45, 2.75) is 83.5 Å². The maximum Gasteiger partial charge on any atom is 0.407 e. The summed E-state index contributed by atoms with van der Waals surface area (Å²) >= 11 is 0. The van der Waals surface area contributed by atoms with Crippen molar-refractivity contribution in [2.75, 3.05) is 11.9 Å². The van der Waals surface area contributed by atoms with E-state index in [0.717, 1.165) is 44.3 Å². The van der Waals surface area contributed by atoms with E-state index in [0.29, 0.717) is 12.0 Å². The zero-order chi connectivity index (χ0) is 21.5. The van der Waals surface area contributed by atoms with Gasteiger partial charge in [-0.15, -0.1) is 0 Å². The van der Waals surface area contributed by atoms with Crippen LogP contribution in [-0.2, 0) is 9.53 Å². The van der Waals surface area contributed by atoms with E-state index in [2.05, 4.69) is 40.7 Å². The summed E-state index contributed by atoms with van der Waals surface area (Å²) in [6.45, 7) is 8.57. The van der Waals surface area contributed by atoms with Crippen LogP contribution in [-0.4, -0.2) is 41.1 Å². The summed E-state index contributed by atoms with van der Waals surface area (Å²) in [5.41, 5.74) is 1.81. The predicted octanol–water partition coefficient (Wildman–Crippen LogP) is 4.47. The monoisotopic (exact) mass is 413 g/mol. The van der Waals surface area contributed by atoms with E-state index in [9.17, 15) is 9.59 Å². The first-order valence-electron chi connectivity index (χ1n) is 11.4. The van der Waals surface area contributed by atoms with Crippen molar-refractivity contribution in [3.63, 3.8) is 0 Å². The SMILES string of the molecule is C[C@@H]1Nc2ccccc2[C@H]2[C@@H]1CCN2C(=O)[C@H]1CCCC[C@H]1NC(=O)OC(C)(C)C.